The molecule has 0 bridgehead atoms. The summed E-state index contributed by atoms with van der Waals surface area (Å²) >= 11 is 0. The second kappa shape index (κ2) is 5.81. The number of carboxylic acids is 1. The van der Waals surface area contributed by atoms with Crippen LogP contribution in [0.3, 0.4) is 0 Å². The molecule has 0 atom stereocenters. The van der Waals surface area contributed by atoms with E-state index in [0.717, 1.165) is 5.69 Å². The van der Waals surface area contributed by atoms with Crippen molar-refractivity contribution in [1.82, 2.24) is 10.1 Å². The maximum atomic E-state index is 10.7. The molecule has 6 heteroatoms. The van der Waals surface area contributed by atoms with Crippen LogP contribution in [-0.4, -0.2) is 27.8 Å². The highest BCUT2D eigenvalue weighted by Gasteiger charge is 2.11. The fraction of sp³-hybridized carbons (Fsp3) is 0.250. The highest BCUT2D eigenvalue weighted by Crippen LogP contribution is 2.15. The van der Waals surface area contributed by atoms with E-state index in [1.54, 1.807) is 0 Å². The van der Waals surface area contributed by atoms with Gasteiger partial charge in [-0.05, 0) is 12.1 Å². The summed E-state index contributed by atoms with van der Waals surface area (Å²) in [5, 5.41) is 12.5. The summed E-state index contributed by atoms with van der Waals surface area (Å²) in [6, 6.07) is 9.55. The van der Waals surface area contributed by atoms with Gasteiger partial charge >= 0.3 is 5.97 Å². The van der Waals surface area contributed by atoms with E-state index in [9.17, 15) is 4.79 Å². The van der Waals surface area contributed by atoms with Crippen molar-refractivity contribution >= 4 is 11.7 Å². The number of rotatable bonds is 6. The number of aromatic nitrogens is 2. The molecule has 0 unspecified atom stereocenters. The second-order valence-corrected chi connectivity index (χ2v) is 3.75. The summed E-state index contributed by atoms with van der Waals surface area (Å²) in [6.07, 6.45) is 1.32. The molecule has 0 saturated carbocycles. The van der Waals surface area contributed by atoms with Gasteiger partial charge in [-0.15, -0.1) is 0 Å². The highest BCUT2D eigenvalue weighted by atomic mass is 16.5. The molecule has 18 heavy (non-hydrogen) atoms. The molecule has 0 aliphatic heterocycles. The molecule has 6 nitrogen and oxygen atoms in total. The quantitative estimate of drug-likeness (QED) is 0.834. The number of aliphatic carboxylic acids is 1. The van der Waals surface area contributed by atoms with Gasteiger partial charge in [-0.1, -0.05) is 23.4 Å². The number of carbonyl (C=O) groups is 1. The minimum Gasteiger partial charge on any atom is -0.481 e. The van der Waals surface area contributed by atoms with Crippen LogP contribution in [-0.2, 0) is 11.3 Å². The molecule has 1 aromatic carbocycles. The van der Waals surface area contributed by atoms with Crippen molar-refractivity contribution in [1.29, 1.82) is 0 Å². The zero-order valence-electron chi connectivity index (χ0n) is 9.69. The van der Waals surface area contributed by atoms with Crippen LogP contribution in [0.4, 0.5) is 5.69 Å². The molecule has 0 aliphatic carbocycles. The first-order valence-corrected chi connectivity index (χ1v) is 5.53. The first kappa shape index (κ1) is 12.1. The zero-order valence-corrected chi connectivity index (χ0v) is 9.69. The van der Waals surface area contributed by atoms with Crippen LogP contribution >= 0.6 is 0 Å². The summed E-state index contributed by atoms with van der Waals surface area (Å²) in [5.41, 5.74) is 0.934. The van der Waals surface area contributed by atoms with Crippen LogP contribution in [0.1, 0.15) is 12.2 Å². The molecule has 0 aliphatic rings. The third-order valence-corrected chi connectivity index (χ3v) is 2.46. The van der Waals surface area contributed by atoms with Gasteiger partial charge in [0, 0.05) is 12.2 Å². The third-order valence-electron chi connectivity index (χ3n) is 2.46. The molecule has 0 spiro atoms. The summed E-state index contributed by atoms with van der Waals surface area (Å²) < 4.78 is 4.67. The minimum atomic E-state index is -0.830. The van der Waals surface area contributed by atoms with Crippen LogP contribution < -0.4 is 4.90 Å². The maximum Gasteiger partial charge on any atom is 0.305 e. The average molecular weight is 247 g/mol. The Morgan fingerprint density at radius 1 is 1.33 bits per heavy atom. The topological polar surface area (TPSA) is 79.5 Å². The largest absolute Gasteiger partial charge is 0.481 e. The van der Waals surface area contributed by atoms with E-state index >= 15 is 0 Å². The normalized spacial score (nSPS) is 10.2. The standard InChI is InChI=1S/C12H13N3O3/c16-12(17)6-7-15(8-11-13-9-18-14-11)10-4-2-1-3-5-10/h1-5,9H,6-8H2,(H,16,17). The summed E-state index contributed by atoms with van der Waals surface area (Å²) in [6.45, 7) is 0.821. The van der Waals surface area contributed by atoms with E-state index in [0.29, 0.717) is 18.9 Å². The number of hydrogen-bond acceptors (Lipinski definition) is 5. The molecular weight excluding hydrogens is 234 g/mol. The van der Waals surface area contributed by atoms with Crippen molar-refractivity contribution in [3.05, 3.63) is 42.5 Å². The second-order valence-electron chi connectivity index (χ2n) is 3.75. The number of benzene rings is 1. The van der Waals surface area contributed by atoms with Crippen LogP contribution in [0.25, 0.3) is 0 Å². The Hall–Kier alpha value is -2.37. The number of nitrogens with zero attached hydrogens (tertiary/aromatic N) is 3. The van der Waals surface area contributed by atoms with Crippen LogP contribution in [0.15, 0.2) is 41.2 Å². The molecule has 0 fully saturated rings. The Morgan fingerprint density at radius 2 is 2.11 bits per heavy atom. The lowest BCUT2D eigenvalue weighted by Gasteiger charge is -2.22. The van der Waals surface area contributed by atoms with E-state index in [1.165, 1.54) is 6.39 Å². The Balaban J connectivity index is 2.10. The number of carboxylic acid groups (broad SMARTS) is 1. The Labute approximate surface area is 104 Å². The molecule has 0 amide bonds. The minimum absolute atomic E-state index is 0.0622. The van der Waals surface area contributed by atoms with Gasteiger partial charge in [-0.25, -0.2) is 0 Å². The van der Waals surface area contributed by atoms with Gasteiger partial charge in [-0.2, -0.15) is 4.98 Å². The molecule has 94 valence electrons. The Bertz CT molecular complexity index is 485. The number of para-hydroxylation sites is 1. The number of anilines is 1. The van der Waals surface area contributed by atoms with Crippen LogP contribution in [0.5, 0.6) is 0 Å². The van der Waals surface area contributed by atoms with E-state index in [2.05, 4.69) is 14.7 Å². The smallest absolute Gasteiger partial charge is 0.305 e. The van der Waals surface area contributed by atoms with Gasteiger partial charge in [0.15, 0.2) is 5.82 Å². The van der Waals surface area contributed by atoms with Gasteiger partial charge in [0.05, 0.1) is 13.0 Å². The molecular formula is C12H13N3O3. The Kier molecular flexibility index (Phi) is 3.90. The molecule has 2 aromatic rings. The van der Waals surface area contributed by atoms with Gasteiger partial charge in [0.1, 0.15) is 0 Å². The van der Waals surface area contributed by atoms with Gasteiger partial charge in [0.2, 0.25) is 6.39 Å². The average Bonchev–Trinajstić information content (AvgIpc) is 2.88. The lowest BCUT2D eigenvalue weighted by molar-refractivity contribution is -0.136. The summed E-state index contributed by atoms with van der Waals surface area (Å²) in [5.74, 6) is -0.298. The number of hydrogen-bond donors (Lipinski definition) is 1. The maximum absolute atomic E-state index is 10.7. The fourth-order valence-electron chi connectivity index (χ4n) is 1.60. The van der Waals surface area contributed by atoms with Gasteiger partial charge in [-0.3, -0.25) is 4.79 Å². The molecule has 2 rings (SSSR count). The van der Waals surface area contributed by atoms with Gasteiger partial charge < -0.3 is 14.5 Å². The van der Waals surface area contributed by atoms with Crippen molar-refractivity contribution in [3.63, 3.8) is 0 Å². The monoisotopic (exact) mass is 247 g/mol. The highest BCUT2D eigenvalue weighted by molar-refractivity contribution is 5.67. The fourth-order valence-corrected chi connectivity index (χ4v) is 1.60. The Morgan fingerprint density at radius 3 is 2.72 bits per heavy atom. The van der Waals surface area contributed by atoms with E-state index < -0.39 is 5.97 Å². The van der Waals surface area contributed by atoms with Crippen molar-refractivity contribution < 1.29 is 14.4 Å². The van der Waals surface area contributed by atoms with Crippen LogP contribution in [0.2, 0.25) is 0 Å². The first-order chi connectivity index (χ1) is 8.75. The first-order valence-electron chi connectivity index (χ1n) is 5.53. The lowest BCUT2D eigenvalue weighted by Crippen LogP contribution is -2.26. The molecule has 0 saturated heterocycles. The molecule has 1 N–H and O–H groups in total. The van der Waals surface area contributed by atoms with Gasteiger partial charge in [0.25, 0.3) is 0 Å². The molecule has 0 radical (unpaired) electrons. The van der Waals surface area contributed by atoms with Crippen molar-refractivity contribution in [2.24, 2.45) is 0 Å². The predicted octanol–water partition coefficient (Wildman–Crippen LogP) is 1.55. The molecule has 1 heterocycles. The summed E-state index contributed by atoms with van der Waals surface area (Å²) in [7, 11) is 0. The third kappa shape index (κ3) is 3.31. The predicted molar refractivity (Wildman–Crippen MR) is 64.0 cm³/mol. The van der Waals surface area contributed by atoms with E-state index in [1.807, 2.05) is 35.2 Å². The van der Waals surface area contributed by atoms with Crippen molar-refractivity contribution in [3.8, 4) is 0 Å². The van der Waals surface area contributed by atoms with Crippen molar-refractivity contribution in [2.75, 3.05) is 11.4 Å². The zero-order chi connectivity index (χ0) is 12.8. The molecule has 1 aromatic heterocycles. The summed E-state index contributed by atoms with van der Waals surface area (Å²) in [4.78, 5) is 16.5. The SMILES string of the molecule is O=C(O)CCN(Cc1ncon1)c1ccccc1. The van der Waals surface area contributed by atoms with E-state index in [4.69, 9.17) is 5.11 Å². The van der Waals surface area contributed by atoms with Crippen LogP contribution in [0, 0.1) is 0 Å². The lowest BCUT2D eigenvalue weighted by atomic mass is 10.2. The van der Waals surface area contributed by atoms with E-state index in [-0.39, 0.29) is 6.42 Å². The van der Waals surface area contributed by atoms with Crippen molar-refractivity contribution in [2.45, 2.75) is 13.0 Å².